The maximum atomic E-state index is 12.3. The molecule has 0 bridgehead atoms. The summed E-state index contributed by atoms with van der Waals surface area (Å²) in [5, 5.41) is 3.38. The molecular weight excluding hydrogens is 392 g/mol. The largest absolute Gasteiger partial charge is 0.353 e. The molecule has 0 spiro atoms. The smallest absolute Gasteiger partial charge is 0.223 e. The molecule has 32 heavy (non-hydrogen) atoms. The molecule has 3 saturated carbocycles. The second kappa shape index (κ2) is 7.30. The first-order valence-electron chi connectivity index (χ1n) is 13.0. The van der Waals surface area contributed by atoms with Crippen molar-refractivity contribution in [3.63, 3.8) is 0 Å². The number of aryl methyl sites for hydroxylation is 1. The second-order valence-corrected chi connectivity index (χ2v) is 12.0. The Kier molecular flexibility index (Phi) is 4.72. The summed E-state index contributed by atoms with van der Waals surface area (Å²) >= 11 is 0. The summed E-state index contributed by atoms with van der Waals surface area (Å²) in [5.74, 6) is 2.96. The van der Waals surface area contributed by atoms with E-state index in [1.54, 1.807) is 11.1 Å². The molecule has 1 heterocycles. The van der Waals surface area contributed by atoms with E-state index in [1.165, 1.54) is 43.2 Å². The summed E-state index contributed by atoms with van der Waals surface area (Å²) < 4.78 is 0. The number of nitrogens with zero attached hydrogens (tertiary/aromatic N) is 1. The van der Waals surface area contributed by atoms with Crippen LogP contribution >= 0.6 is 0 Å². The first-order valence-corrected chi connectivity index (χ1v) is 13.0. The zero-order chi connectivity index (χ0) is 22.1. The molecule has 1 N–H and O–H groups in total. The van der Waals surface area contributed by atoms with E-state index in [-0.39, 0.29) is 5.41 Å². The highest BCUT2D eigenvalue weighted by molar-refractivity contribution is 5.81. The lowest BCUT2D eigenvalue weighted by atomic mass is 9.47. The van der Waals surface area contributed by atoms with Gasteiger partial charge in [-0.2, -0.15) is 0 Å². The summed E-state index contributed by atoms with van der Waals surface area (Å²) in [6.45, 7) is 7.26. The Labute approximate surface area is 193 Å². The predicted molar refractivity (Wildman–Crippen MR) is 129 cm³/mol. The number of hydrogen-bond donors (Lipinski definition) is 1. The highest BCUT2D eigenvalue weighted by Gasteiger charge is 2.56. The number of carbonyl (C=O) groups excluding carboxylic acids is 1. The van der Waals surface area contributed by atoms with E-state index in [2.05, 4.69) is 55.5 Å². The van der Waals surface area contributed by atoms with E-state index in [1.807, 2.05) is 6.20 Å². The van der Waals surface area contributed by atoms with Crippen LogP contribution in [0.25, 0.3) is 5.57 Å². The molecule has 5 aliphatic carbocycles. The van der Waals surface area contributed by atoms with Crippen LogP contribution in [-0.4, -0.2) is 16.9 Å². The van der Waals surface area contributed by atoms with Crippen molar-refractivity contribution in [3.05, 3.63) is 47.3 Å². The molecular formula is C29H38N2O. The molecule has 170 valence electrons. The number of hydrogen-bond acceptors (Lipinski definition) is 2. The fraction of sp³-hybridized carbons (Fsp3) is 0.655. The fourth-order valence-corrected chi connectivity index (χ4v) is 8.17. The van der Waals surface area contributed by atoms with Crippen molar-refractivity contribution in [1.29, 1.82) is 0 Å². The molecule has 3 nitrogen and oxygen atoms in total. The van der Waals surface area contributed by atoms with E-state index < -0.39 is 0 Å². The quantitative estimate of drug-likeness (QED) is 0.577. The Morgan fingerprint density at radius 3 is 2.59 bits per heavy atom. The van der Waals surface area contributed by atoms with Gasteiger partial charge in [-0.3, -0.25) is 9.78 Å². The van der Waals surface area contributed by atoms with E-state index in [9.17, 15) is 4.79 Å². The summed E-state index contributed by atoms with van der Waals surface area (Å²) in [7, 11) is 0. The molecule has 0 saturated heterocycles. The number of rotatable bonds is 3. The van der Waals surface area contributed by atoms with E-state index in [4.69, 9.17) is 0 Å². The Morgan fingerprint density at radius 1 is 1.00 bits per heavy atom. The standard InChI is InChI=1S/C29H38N2O/c1-18-14-20(17-30-16-18)24-8-9-25-23-7-6-21-15-22(31-27(32)19-4-5-19)10-12-28(21,2)26(23)11-13-29(24,25)3/h6,8,14,16-17,19,22-23,25-26H,4-5,7,9-13,15H2,1-3H3,(H,31,32)/t22-,23?,25?,26?,28+,29-/m1/s1. The molecule has 6 rings (SSSR count). The predicted octanol–water partition coefficient (Wildman–Crippen LogP) is 6.24. The normalized spacial score (nSPS) is 40.5. The van der Waals surface area contributed by atoms with Gasteiger partial charge in [0.15, 0.2) is 0 Å². The zero-order valence-electron chi connectivity index (χ0n) is 20.0. The third-order valence-corrected chi connectivity index (χ3v) is 10.2. The van der Waals surface area contributed by atoms with Crippen LogP contribution in [0.4, 0.5) is 0 Å². The molecule has 0 aliphatic heterocycles. The average molecular weight is 431 g/mol. The molecule has 1 aromatic rings. The van der Waals surface area contributed by atoms with Crippen LogP contribution in [0.1, 0.15) is 82.8 Å². The lowest BCUT2D eigenvalue weighted by molar-refractivity contribution is -0.123. The maximum Gasteiger partial charge on any atom is 0.223 e. The lowest BCUT2D eigenvalue weighted by Gasteiger charge is -2.58. The zero-order valence-corrected chi connectivity index (χ0v) is 20.0. The maximum absolute atomic E-state index is 12.3. The molecule has 3 fully saturated rings. The molecule has 0 radical (unpaired) electrons. The number of nitrogens with one attached hydrogen (secondary N) is 1. The number of aromatic nitrogens is 1. The van der Waals surface area contributed by atoms with Gasteiger partial charge in [0, 0.05) is 24.4 Å². The monoisotopic (exact) mass is 430 g/mol. The fourth-order valence-electron chi connectivity index (χ4n) is 8.17. The van der Waals surface area contributed by atoms with Crippen molar-refractivity contribution in [3.8, 4) is 0 Å². The molecule has 0 aromatic carbocycles. The minimum absolute atomic E-state index is 0.286. The van der Waals surface area contributed by atoms with Gasteiger partial charge in [0.25, 0.3) is 0 Å². The number of carbonyl (C=O) groups is 1. The summed E-state index contributed by atoms with van der Waals surface area (Å²) in [5.41, 5.74) is 6.44. The first-order chi connectivity index (χ1) is 15.4. The number of allylic oxidation sites excluding steroid dienone is 3. The van der Waals surface area contributed by atoms with Gasteiger partial charge in [0.1, 0.15) is 0 Å². The van der Waals surface area contributed by atoms with E-state index in [0.29, 0.717) is 23.3 Å². The first kappa shape index (κ1) is 20.7. The summed E-state index contributed by atoms with van der Waals surface area (Å²) in [6.07, 6.45) is 19.9. The molecule has 3 unspecified atom stereocenters. The third kappa shape index (κ3) is 3.14. The lowest BCUT2D eigenvalue weighted by Crippen LogP contribution is -2.51. The second-order valence-electron chi connectivity index (χ2n) is 12.0. The van der Waals surface area contributed by atoms with E-state index in [0.717, 1.165) is 43.4 Å². The molecule has 1 amide bonds. The van der Waals surface area contributed by atoms with Crippen molar-refractivity contribution < 1.29 is 4.79 Å². The molecule has 6 atom stereocenters. The van der Waals surface area contributed by atoms with Crippen LogP contribution in [0.5, 0.6) is 0 Å². The average Bonchev–Trinajstić information content (AvgIpc) is 3.55. The Morgan fingerprint density at radius 2 is 1.81 bits per heavy atom. The summed E-state index contributed by atoms with van der Waals surface area (Å²) in [4.78, 5) is 16.8. The van der Waals surface area contributed by atoms with Crippen LogP contribution in [-0.2, 0) is 4.79 Å². The van der Waals surface area contributed by atoms with Gasteiger partial charge in [0.05, 0.1) is 0 Å². The van der Waals surface area contributed by atoms with Crippen LogP contribution in [0.15, 0.2) is 36.2 Å². The van der Waals surface area contributed by atoms with Gasteiger partial charge in [-0.25, -0.2) is 0 Å². The van der Waals surface area contributed by atoms with Gasteiger partial charge in [0.2, 0.25) is 5.91 Å². The van der Waals surface area contributed by atoms with E-state index >= 15 is 0 Å². The Balaban J connectivity index is 1.23. The Bertz CT molecular complexity index is 1000. The van der Waals surface area contributed by atoms with Crippen LogP contribution < -0.4 is 5.32 Å². The highest BCUT2D eigenvalue weighted by atomic mass is 16.2. The van der Waals surface area contributed by atoms with Gasteiger partial charge >= 0.3 is 0 Å². The third-order valence-electron chi connectivity index (χ3n) is 10.2. The summed E-state index contributed by atoms with van der Waals surface area (Å²) in [6, 6.07) is 2.69. The molecule has 3 heteroatoms. The molecule has 1 aromatic heterocycles. The topological polar surface area (TPSA) is 42.0 Å². The minimum atomic E-state index is 0.286. The van der Waals surface area contributed by atoms with Gasteiger partial charge in [-0.1, -0.05) is 31.6 Å². The van der Waals surface area contributed by atoms with Crippen LogP contribution in [0.3, 0.4) is 0 Å². The van der Waals surface area contributed by atoms with Crippen LogP contribution in [0.2, 0.25) is 0 Å². The van der Waals surface area contributed by atoms with Gasteiger partial charge in [-0.05, 0) is 116 Å². The van der Waals surface area contributed by atoms with Crippen LogP contribution in [0, 0.1) is 41.4 Å². The number of pyridine rings is 1. The van der Waals surface area contributed by atoms with Crippen molar-refractivity contribution in [2.45, 2.75) is 84.6 Å². The van der Waals surface area contributed by atoms with Gasteiger partial charge in [-0.15, -0.1) is 0 Å². The SMILES string of the molecule is Cc1cncc(C2=CCC3C4CC=C5C[C@H](NC(=O)C6CC6)CC[C@]5(C)C4CC[C@]23C)c1. The minimum Gasteiger partial charge on any atom is -0.353 e. The number of amides is 1. The Hall–Kier alpha value is -1.90. The van der Waals surface area contributed by atoms with Crippen molar-refractivity contribution in [2.24, 2.45) is 34.5 Å². The number of fused-ring (bicyclic) bond motifs is 5. The molecule has 5 aliphatic rings. The van der Waals surface area contributed by atoms with Crippen molar-refractivity contribution in [1.82, 2.24) is 10.3 Å². The van der Waals surface area contributed by atoms with Gasteiger partial charge < -0.3 is 5.32 Å². The highest BCUT2D eigenvalue weighted by Crippen LogP contribution is 2.66. The van der Waals surface area contributed by atoms with Crippen molar-refractivity contribution in [2.75, 3.05) is 0 Å². The van der Waals surface area contributed by atoms with Crippen molar-refractivity contribution >= 4 is 11.5 Å².